The molecule has 254 valence electrons. The zero-order valence-electron chi connectivity index (χ0n) is 25.1. The van der Waals surface area contributed by atoms with Crippen LogP contribution >= 0.6 is 0 Å². The Bertz CT molecular complexity index is 1450. The Morgan fingerprint density at radius 1 is 0.851 bits per heavy atom. The van der Waals surface area contributed by atoms with Crippen LogP contribution in [-0.4, -0.2) is 81.9 Å². The third-order valence-corrected chi connectivity index (χ3v) is 8.33. The van der Waals surface area contributed by atoms with Crippen molar-refractivity contribution in [1.29, 1.82) is 0 Å². The summed E-state index contributed by atoms with van der Waals surface area (Å²) in [5, 5.41) is 1.75. The first kappa shape index (κ1) is 34.0. The van der Waals surface area contributed by atoms with Crippen LogP contribution in [0.2, 0.25) is 0 Å². The molecule has 0 aliphatic carbocycles. The lowest BCUT2D eigenvalue weighted by molar-refractivity contribution is -0.170. The number of amides is 4. The number of alkyl halides is 6. The first-order valence-electron chi connectivity index (χ1n) is 15.1. The van der Waals surface area contributed by atoms with Crippen LogP contribution in [0.15, 0.2) is 48.5 Å². The minimum atomic E-state index is -5.08. The van der Waals surface area contributed by atoms with Gasteiger partial charge < -0.3 is 14.5 Å². The van der Waals surface area contributed by atoms with Crippen LogP contribution in [0.5, 0.6) is 0 Å². The van der Waals surface area contributed by atoms with Gasteiger partial charge in [-0.2, -0.15) is 26.3 Å². The molecule has 47 heavy (non-hydrogen) atoms. The number of benzene rings is 2. The van der Waals surface area contributed by atoms with E-state index in [0.29, 0.717) is 25.2 Å². The average Bonchev–Trinajstić information content (AvgIpc) is 3.02. The highest BCUT2D eigenvalue weighted by Crippen LogP contribution is 2.37. The minimum Gasteiger partial charge on any atom is -0.444 e. The molecular formula is C31H33F6N5O5. The number of nitrogens with one attached hydrogen (secondary N) is 1. The van der Waals surface area contributed by atoms with Crippen molar-refractivity contribution in [2.75, 3.05) is 26.2 Å². The summed E-state index contributed by atoms with van der Waals surface area (Å²) >= 11 is 0. The summed E-state index contributed by atoms with van der Waals surface area (Å²) in [6.07, 6.45) is -10.2. The average molecular weight is 670 g/mol. The van der Waals surface area contributed by atoms with Gasteiger partial charge in [0.05, 0.1) is 24.1 Å². The number of piperidine rings is 1. The van der Waals surface area contributed by atoms with Crippen LogP contribution in [0.25, 0.3) is 0 Å². The molecule has 4 amide bonds. The second-order valence-corrected chi connectivity index (χ2v) is 11.7. The first-order valence-corrected chi connectivity index (χ1v) is 15.1. The Labute approximate surface area is 266 Å². The van der Waals surface area contributed by atoms with Crippen molar-refractivity contribution < 1.29 is 50.3 Å². The molecule has 2 aromatic carbocycles. The van der Waals surface area contributed by atoms with Gasteiger partial charge in [-0.15, -0.1) is 0 Å². The van der Waals surface area contributed by atoms with E-state index in [1.807, 2.05) is 0 Å². The fraction of sp³-hybridized carbons (Fsp3) is 0.484. The van der Waals surface area contributed by atoms with E-state index in [0.717, 1.165) is 34.6 Å². The van der Waals surface area contributed by atoms with Crippen molar-refractivity contribution in [3.8, 4) is 0 Å². The van der Waals surface area contributed by atoms with Gasteiger partial charge in [0.1, 0.15) is 18.8 Å². The highest BCUT2D eigenvalue weighted by molar-refractivity contribution is 5.94. The molecule has 0 radical (unpaired) electrons. The van der Waals surface area contributed by atoms with Crippen LogP contribution in [-0.2, 0) is 44.6 Å². The smallest absolute Gasteiger partial charge is 0.416 e. The van der Waals surface area contributed by atoms with Gasteiger partial charge in [0, 0.05) is 32.6 Å². The van der Waals surface area contributed by atoms with Crippen LogP contribution in [0.3, 0.4) is 0 Å². The molecule has 0 spiro atoms. The molecule has 0 unspecified atom stereocenters. The Morgan fingerprint density at radius 3 is 2.11 bits per heavy atom. The van der Waals surface area contributed by atoms with Crippen molar-refractivity contribution in [1.82, 2.24) is 25.1 Å². The predicted molar refractivity (Wildman–Crippen MR) is 152 cm³/mol. The summed E-state index contributed by atoms with van der Waals surface area (Å²) in [5.41, 5.74) is -0.121. The van der Waals surface area contributed by atoms with Crippen LogP contribution in [0.1, 0.15) is 54.4 Å². The number of ether oxygens (including phenoxy) is 1. The number of nitrogens with zero attached hydrogens (tertiary/aromatic N) is 4. The zero-order chi connectivity index (χ0) is 33.9. The lowest BCUT2D eigenvalue weighted by Gasteiger charge is -2.51. The van der Waals surface area contributed by atoms with Gasteiger partial charge in [-0.05, 0) is 42.2 Å². The third kappa shape index (κ3) is 8.15. The van der Waals surface area contributed by atoms with E-state index >= 15 is 0 Å². The molecule has 0 aromatic heterocycles. The number of piperazine rings is 1. The molecule has 2 atom stereocenters. The molecule has 0 bridgehead atoms. The summed E-state index contributed by atoms with van der Waals surface area (Å²) in [6, 6.07) is 8.51. The molecule has 3 aliphatic heterocycles. The lowest BCUT2D eigenvalue weighted by atomic mass is 10.0. The molecular weight excluding hydrogens is 636 g/mol. The maximum atomic E-state index is 13.8. The van der Waals surface area contributed by atoms with Crippen molar-refractivity contribution >= 4 is 23.8 Å². The van der Waals surface area contributed by atoms with Gasteiger partial charge in [0.15, 0.2) is 0 Å². The normalized spacial score (nSPS) is 21.0. The second-order valence-electron chi connectivity index (χ2n) is 11.7. The van der Waals surface area contributed by atoms with E-state index in [1.54, 1.807) is 35.3 Å². The largest absolute Gasteiger partial charge is 0.444 e. The fourth-order valence-corrected chi connectivity index (χ4v) is 6.07. The lowest BCUT2D eigenvalue weighted by Crippen LogP contribution is -2.71. The number of hydrazine groups is 1. The van der Waals surface area contributed by atoms with E-state index in [9.17, 15) is 45.5 Å². The van der Waals surface area contributed by atoms with Crippen molar-refractivity contribution in [3.05, 3.63) is 70.8 Å². The number of hydrogen-bond donors (Lipinski definition) is 1. The maximum Gasteiger partial charge on any atom is 0.416 e. The molecule has 3 saturated heterocycles. The van der Waals surface area contributed by atoms with Gasteiger partial charge in [0.2, 0.25) is 17.7 Å². The van der Waals surface area contributed by atoms with Gasteiger partial charge in [-0.3, -0.25) is 24.7 Å². The number of halogens is 6. The summed E-state index contributed by atoms with van der Waals surface area (Å²) < 4.78 is 85.3. The standard InChI is InChI=1S/C31H33F6N5O5/c32-30(33,34)22-13-21(14-23(15-22)31(35,36)37)19-47-29(46)41-12-9-27(44)42-24(16-25(43)38-40-10-5-2-6-11-40)28(45)39(18-26(41)42)17-20-7-3-1-4-8-20/h1,3-4,7-8,13-15,24,26H,2,5-6,9-12,16-19H2,(H,38,43)/t24-,26+/m0/s1. The first-order chi connectivity index (χ1) is 22.2. The van der Waals surface area contributed by atoms with E-state index in [1.165, 1.54) is 4.90 Å². The predicted octanol–water partition coefficient (Wildman–Crippen LogP) is 4.54. The highest BCUT2D eigenvalue weighted by atomic mass is 19.4. The van der Waals surface area contributed by atoms with Crippen LogP contribution in [0, 0.1) is 0 Å². The number of carbonyl (C=O) groups excluding carboxylic acids is 4. The van der Waals surface area contributed by atoms with Gasteiger partial charge in [-0.25, -0.2) is 9.80 Å². The minimum absolute atomic E-state index is 0.0264. The number of carbonyl (C=O) groups is 4. The Morgan fingerprint density at radius 2 is 1.49 bits per heavy atom. The molecule has 3 aliphatic rings. The van der Waals surface area contributed by atoms with Crippen molar-refractivity contribution in [3.63, 3.8) is 0 Å². The molecule has 5 rings (SSSR count). The molecule has 16 heteroatoms. The summed E-state index contributed by atoms with van der Waals surface area (Å²) in [5.74, 6) is -1.50. The summed E-state index contributed by atoms with van der Waals surface area (Å²) in [7, 11) is 0. The molecule has 1 N–H and O–H groups in total. The number of fused-ring (bicyclic) bond motifs is 1. The molecule has 3 fully saturated rings. The van der Waals surface area contributed by atoms with Gasteiger partial charge >= 0.3 is 18.4 Å². The van der Waals surface area contributed by atoms with E-state index in [-0.39, 0.29) is 32.1 Å². The second kappa shape index (κ2) is 13.8. The van der Waals surface area contributed by atoms with Gasteiger partial charge in [-0.1, -0.05) is 36.8 Å². The molecule has 3 heterocycles. The maximum absolute atomic E-state index is 13.8. The van der Waals surface area contributed by atoms with Crippen LogP contribution < -0.4 is 5.43 Å². The molecule has 2 aromatic rings. The Balaban J connectivity index is 1.38. The van der Waals surface area contributed by atoms with E-state index in [2.05, 4.69) is 5.43 Å². The molecule has 0 saturated carbocycles. The fourth-order valence-electron chi connectivity index (χ4n) is 6.07. The number of hydrogen-bond acceptors (Lipinski definition) is 6. The highest BCUT2D eigenvalue weighted by Gasteiger charge is 2.50. The quantitative estimate of drug-likeness (QED) is 0.435. The molecule has 10 nitrogen and oxygen atoms in total. The zero-order valence-corrected chi connectivity index (χ0v) is 25.1. The Hall–Kier alpha value is -4.34. The van der Waals surface area contributed by atoms with Crippen LogP contribution in [0.4, 0.5) is 31.1 Å². The van der Waals surface area contributed by atoms with Gasteiger partial charge in [0.25, 0.3) is 0 Å². The Kier molecular flexibility index (Phi) is 9.98. The summed E-state index contributed by atoms with van der Waals surface area (Å²) in [4.78, 5) is 57.2. The summed E-state index contributed by atoms with van der Waals surface area (Å²) in [6.45, 7) is 0.0838. The van der Waals surface area contributed by atoms with E-state index < -0.39 is 78.1 Å². The van der Waals surface area contributed by atoms with Crippen molar-refractivity contribution in [2.45, 2.75) is 69.8 Å². The topological polar surface area (TPSA) is 102 Å². The third-order valence-electron chi connectivity index (χ3n) is 8.33. The SMILES string of the molecule is O=C(C[C@H]1C(=O)N(Cc2ccccc2)C[C@@H]2N(C(=O)OCc3cc(C(F)(F)F)cc(C(F)(F)F)c3)CCC(=O)N21)NN1CCCCC1. The number of rotatable bonds is 7. The van der Waals surface area contributed by atoms with Crippen molar-refractivity contribution in [2.24, 2.45) is 0 Å². The monoisotopic (exact) mass is 669 g/mol. The van der Waals surface area contributed by atoms with E-state index in [4.69, 9.17) is 4.74 Å².